The zero-order valence-corrected chi connectivity index (χ0v) is 9.13. The van der Waals surface area contributed by atoms with E-state index < -0.39 is 0 Å². The molecule has 0 spiro atoms. The third-order valence-corrected chi connectivity index (χ3v) is 3.16. The summed E-state index contributed by atoms with van der Waals surface area (Å²) in [6.07, 6.45) is 2.55. The van der Waals surface area contributed by atoms with E-state index in [1.165, 1.54) is 0 Å². The van der Waals surface area contributed by atoms with Gasteiger partial charge in [-0.2, -0.15) is 11.8 Å². The highest BCUT2D eigenvalue weighted by Gasteiger charge is 2.03. The SMILES string of the molecule is CC(CCO)SCc1cc(N)ccn1. The van der Waals surface area contributed by atoms with Gasteiger partial charge in [-0.25, -0.2) is 0 Å². The first-order valence-electron chi connectivity index (χ1n) is 4.65. The van der Waals surface area contributed by atoms with Crippen molar-refractivity contribution in [2.24, 2.45) is 0 Å². The van der Waals surface area contributed by atoms with Crippen LogP contribution in [0, 0.1) is 0 Å². The molecule has 0 aliphatic heterocycles. The molecule has 0 aliphatic carbocycles. The topological polar surface area (TPSA) is 59.1 Å². The second-order valence-electron chi connectivity index (χ2n) is 3.21. The van der Waals surface area contributed by atoms with Crippen molar-refractivity contribution in [2.75, 3.05) is 12.3 Å². The molecule has 0 amide bonds. The molecule has 3 N–H and O–H groups in total. The highest BCUT2D eigenvalue weighted by Crippen LogP contribution is 2.19. The first-order valence-corrected chi connectivity index (χ1v) is 5.70. The van der Waals surface area contributed by atoms with Gasteiger partial charge in [0.1, 0.15) is 0 Å². The van der Waals surface area contributed by atoms with Gasteiger partial charge in [0.15, 0.2) is 0 Å². The van der Waals surface area contributed by atoms with E-state index in [1.54, 1.807) is 24.0 Å². The molecule has 0 aliphatic rings. The summed E-state index contributed by atoms with van der Waals surface area (Å²) in [6, 6.07) is 3.67. The molecule has 1 heterocycles. The fourth-order valence-electron chi connectivity index (χ4n) is 1.07. The summed E-state index contributed by atoms with van der Waals surface area (Å²) in [6.45, 7) is 2.35. The van der Waals surface area contributed by atoms with E-state index in [1.807, 2.05) is 6.07 Å². The van der Waals surface area contributed by atoms with Crippen LogP contribution in [0.3, 0.4) is 0 Å². The summed E-state index contributed by atoms with van der Waals surface area (Å²) in [5.74, 6) is 0.853. The van der Waals surface area contributed by atoms with Crippen molar-refractivity contribution in [1.29, 1.82) is 0 Å². The summed E-state index contributed by atoms with van der Waals surface area (Å²) in [5, 5.41) is 9.19. The Kier molecular flexibility index (Phi) is 4.76. The summed E-state index contributed by atoms with van der Waals surface area (Å²) in [5.41, 5.74) is 7.39. The third kappa shape index (κ3) is 3.98. The lowest BCUT2D eigenvalue weighted by Gasteiger charge is -2.08. The molecule has 1 rings (SSSR count). The summed E-state index contributed by atoms with van der Waals surface area (Å²) >= 11 is 1.78. The van der Waals surface area contributed by atoms with Crippen LogP contribution < -0.4 is 5.73 Å². The van der Waals surface area contributed by atoms with E-state index in [9.17, 15) is 0 Å². The number of thioether (sulfide) groups is 1. The van der Waals surface area contributed by atoms with Crippen LogP contribution >= 0.6 is 11.8 Å². The van der Waals surface area contributed by atoms with Crippen LogP contribution in [0.5, 0.6) is 0 Å². The molecular formula is C10H16N2OS. The van der Waals surface area contributed by atoms with E-state index in [2.05, 4.69) is 11.9 Å². The standard InChI is InChI=1S/C10H16N2OS/c1-8(3-5-13)14-7-10-6-9(11)2-4-12-10/h2,4,6,8,13H,3,5,7H2,1H3,(H2,11,12). The van der Waals surface area contributed by atoms with Gasteiger partial charge in [0, 0.05) is 29.5 Å². The van der Waals surface area contributed by atoms with Crippen LogP contribution in [0.25, 0.3) is 0 Å². The molecule has 0 saturated carbocycles. The minimum Gasteiger partial charge on any atom is -0.399 e. The van der Waals surface area contributed by atoms with Crippen LogP contribution in [0.2, 0.25) is 0 Å². The Bertz CT molecular complexity index is 281. The maximum Gasteiger partial charge on any atom is 0.0523 e. The highest BCUT2D eigenvalue weighted by molar-refractivity contribution is 7.99. The molecule has 0 radical (unpaired) electrons. The average Bonchev–Trinajstić information content (AvgIpc) is 2.15. The predicted octanol–water partition coefficient (Wildman–Crippen LogP) is 1.67. The number of rotatable bonds is 5. The zero-order valence-electron chi connectivity index (χ0n) is 8.31. The lowest BCUT2D eigenvalue weighted by Crippen LogP contribution is -2.00. The Labute approximate surface area is 88.7 Å². The third-order valence-electron chi connectivity index (χ3n) is 1.89. The van der Waals surface area contributed by atoms with Gasteiger partial charge >= 0.3 is 0 Å². The van der Waals surface area contributed by atoms with Crippen molar-refractivity contribution in [3.63, 3.8) is 0 Å². The average molecular weight is 212 g/mol. The van der Waals surface area contributed by atoms with Crippen LogP contribution in [-0.4, -0.2) is 21.9 Å². The van der Waals surface area contributed by atoms with Crippen LogP contribution in [0.1, 0.15) is 19.0 Å². The Balaban J connectivity index is 2.37. The summed E-state index contributed by atoms with van der Waals surface area (Å²) in [7, 11) is 0. The fourth-order valence-corrected chi connectivity index (χ4v) is 1.95. The Hall–Kier alpha value is -0.740. The fraction of sp³-hybridized carbons (Fsp3) is 0.500. The van der Waals surface area contributed by atoms with Crippen molar-refractivity contribution >= 4 is 17.4 Å². The van der Waals surface area contributed by atoms with Crippen molar-refractivity contribution < 1.29 is 5.11 Å². The number of pyridine rings is 1. The minimum absolute atomic E-state index is 0.249. The molecular weight excluding hydrogens is 196 g/mol. The Morgan fingerprint density at radius 2 is 2.43 bits per heavy atom. The van der Waals surface area contributed by atoms with E-state index in [0.29, 0.717) is 5.25 Å². The molecule has 1 aromatic rings. The van der Waals surface area contributed by atoms with E-state index in [0.717, 1.165) is 23.6 Å². The molecule has 1 aromatic heterocycles. The van der Waals surface area contributed by atoms with Gasteiger partial charge in [0.2, 0.25) is 0 Å². The number of nitrogens with two attached hydrogens (primary N) is 1. The van der Waals surface area contributed by atoms with Crippen molar-refractivity contribution in [1.82, 2.24) is 4.98 Å². The molecule has 0 aromatic carbocycles. The van der Waals surface area contributed by atoms with Gasteiger partial charge in [-0.1, -0.05) is 6.92 Å². The first-order chi connectivity index (χ1) is 6.72. The van der Waals surface area contributed by atoms with Crippen molar-refractivity contribution in [2.45, 2.75) is 24.3 Å². The monoisotopic (exact) mass is 212 g/mol. The summed E-state index contributed by atoms with van der Waals surface area (Å²) in [4.78, 5) is 4.21. The molecule has 1 unspecified atom stereocenters. The quantitative estimate of drug-likeness (QED) is 0.779. The number of nitrogens with zero attached hydrogens (tertiary/aromatic N) is 1. The van der Waals surface area contributed by atoms with E-state index in [-0.39, 0.29) is 6.61 Å². The number of aliphatic hydroxyl groups excluding tert-OH is 1. The predicted molar refractivity (Wildman–Crippen MR) is 61.1 cm³/mol. The van der Waals surface area contributed by atoms with Crippen molar-refractivity contribution in [3.8, 4) is 0 Å². The highest BCUT2D eigenvalue weighted by atomic mass is 32.2. The van der Waals surface area contributed by atoms with Crippen LogP contribution in [-0.2, 0) is 5.75 Å². The lowest BCUT2D eigenvalue weighted by atomic mass is 10.3. The van der Waals surface area contributed by atoms with Gasteiger partial charge in [0.05, 0.1) is 5.69 Å². The molecule has 3 nitrogen and oxygen atoms in total. The van der Waals surface area contributed by atoms with E-state index >= 15 is 0 Å². The van der Waals surface area contributed by atoms with Crippen LogP contribution in [0.15, 0.2) is 18.3 Å². The molecule has 14 heavy (non-hydrogen) atoms. The minimum atomic E-state index is 0.249. The largest absolute Gasteiger partial charge is 0.399 e. The summed E-state index contributed by atoms with van der Waals surface area (Å²) < 4.78 is 0. The van der Waals surface area contributed by atoms with Gasteiger partial charge in [0.25, 0.3) is 0 Å². The molecule has 78 valence electrons. The van der Waals surface area contributed by atoms with Crippen LogP contribution in [0.4, 0.5) is 5.69 Å². The first kappa shape index (κ1) is 11.3. The lowest BCUT2D eigenvalue weighted by molar-refractivity contribution is 0.289. The smallest absolute Gasteiger partial charge is 0.0523 e. The number of hydrogen-bond donors (Lipinski definition) is 2. The Morgan fingerprint density at radius 3 is 3.07 bits per heavy atom. The van der Waals surface area contributed by atoms with Gasteiger partial charge in [-0.15, -0.1) is 0 Å². The molecule has 0 bridgehead atoms. The molecule has 4 heteroatoms. The maximum absolute atomic E-state index is 8.73. The second-order valence-corrected chi connectivity index (χ2v) is 4.64. The van der Waals surface area contributed by atoms with E-state index in [4.69, 9.17) is 10.8 Å². The number of anilines is 1. The number of hydrogen-bond acceptors (Lipinski definition) is 4. The second kappa shape index (κ2) is 5.88. The Morgan fingerprint density at radius 1 is 1.64 bits per heavy atom. The number of nitrogen functional groups attached to an aromatic ring is 1. The number of aromatic nitrogens is 1. The number of aliphatic hydroxyl groups is 1. The van der Waals surface area contributed by atoms with Gasteiger partial charge in [-0.05, 0) is 18.6 Å². The maximum atomic E-state index is 8.73. The zero-order chi connectivity index (χ0) is 10.4. The molecule has 1 atom stereocenters. The normalized spacial score (nSPS) is 12.7. The van der Waals surface area contributed by atoms with Gasteiger partial charge in [-0.3, -0.25) is 4.98 Å². The van der Waals surface area contributed by atoms with Crippen molar-refractivity contribution in [3.05, 3.63) is 24.0 Å². The molecule has 0 saturated heterocycles. The van der Waals surface area contributed by atoms with Gasteiger partial charge < -0.3 is 10.8 Å². The molecule has 0 fully saturated rings.